The van der Waals surface area contributed by atoms with E-state index in [-0.39, 0.29) is 12.0 Å². The fourth-order valence-electron chi connectivity index (χ4n) is 0.673. The molecule has 0 rings (SSSR count). The minimum absolute atomic E-state index is 0.108. The molecule has 0 spiro atoms. The molecular formula is C8H12N2O2. The van der Waals surface area contributed by atoms with Crippen molar-refractivity contribution in [2.45, 2.75) is 12.8 Å². The Morgan fingerprint density at radius 1 is 1.33 bits per heavy atom. The summed E-state index contributed by atoms with van der Waals surface area (Å²) in [5, 5.41) is 0. The molecule has 0 bridgehead atoms. The van der Waals surface area contributed by atoms with Crippen LogP contribution in [0.25, 0.3) is 0 Å². The third kappa shape index (κ3) is 4.27. The topological polar surface area (TPSA) is 86.2 Å². The highest BCUT2D eigenvalue weighted by Crippen LogP contribution is 2.01. The van der Waals surface area contributed by atoms with E-state index in [4.69, 9.17) is 11.5 Å². The van der Waals surface area contributed by atoms with E-state index in [0.717, 1.165) is 0 Å². The standard InChI is InChI=1S/C8H12N2O2/c1-2-3-4-6(8(10)12)5-7(9)11/h2,4H,1,3,5H2,(H2,9,11)(H2,10,12). The van der Waals surface area contributed by atoms with Crippen molar-refractivity contribution in [2.75, 3.05) is 0 Å². The fraction of sp³-hybridized carbons (Fsp3) is 0.250. The highest BCUT2D eigenvalue weighted by molar-refractivity contribution is 5.97. The number of rotatable bonds is 5. The van der Waals surface area contributed by atoms with E-state index >= 15 is 0 Å². The molecule has 0 aromatic rings. The van der Waals surface area contributed by atoms with Gasteiger partial charge in [-0.2, -0.15) is 0 Å². The van der Waals surface area contributed by atoms with Gasteiger partial charge in [-0.05, 0) is 6.42 Å². The van der Waals surface area contributed by atoms with E-state index < -0.39 is 11.8 Å². The van der Waals surface area contributed by atoms with Crippen LogP contribution in [-0.2, 0) is 9.59 Å². The van der Waals surface area contributed by atoms with Gasteiger partial charge in [0, 0.05) is 5.57 Å². The summed E-state index contributed by atoms with van der Waals surface area (Å²) in [6.45, 7) is 3.46. The first kappa shape index (κ1) is 10.4. The van der Waals surface area contributed by atoms with Crippen molar-refractivity contribution in [2.24, 2.45) is 11.5 Å². The lowest BCUT2D eigenvalue weighted by molar-refractivity contribution is -0.120. The molecule has 0 aromatic carbocycles. The predicted molar refractivity (Wildman–Crippen MR) is 45.9 cm³/mol. The summed E-state index contributed by atoms with van der Waals surface area (Å²) in [4.78, 5) is 21.1. The number of hydrogen-bond donors (Lipinski definition) is 2. The molecule has 0 aromatic heterocycles. The summed E-state index contributed by atoms with van der Waals surface area (Å²) in [7, 11) is 0. The Morgan fingerprint density at radius 2 is 1.92 bits per heavy atom. The molecule has 0 aliphatic rings. The first-order valence-electron chi connectivity index (χ1n) is 3.46. The van der Waals surface area contributed by atoms with E-state index in [0.29, 0.717) is 6.42 Å². The Labute approximate surface area is 70.9 Å². The first-order valence-corrected chi connectivity index (χ1v) is 3.46. The molecule has 4 heteroatoms. The van der Waals surface area contributed by atoms with Gasteiger partial charge in [0.1, 0.15) is 0 Å². The summed E-state index contributed by atoms with van der Waals surface area (Å²) in [6.07, 6.45) is 3.54. The Hall–Kier alpha value is -1.58. The minimum atomic E-state index is -0.615. The Bertz CT molecular complexity index is 231. The lowest BCUT2D eigenvalue weighted by Crippen LogP contribution is -2.20. The Kier molecular flexibility index (Phi) is 4.45. The van der Waals surface area contributed by atoms with E-state index in [1.807, 2.05) is 0 Å². The summed E-state index contributed by atoms with van der Waals surface area (Å²) in [6, 6.07) is 0. The third-order valence-corrected chi connectivity index (χ3v) is 1.21. The summed E-state index contributed by atoms with van der Waals surface area (Å²) in [5.41, 5.74) is 10.1. The monoisotopic (exact) mass is 168 g/mol. The minimum Gasteiger partial charge on any atom is -0.369 e. The molecule has 4 N–H and O–H groups in total. The highest BCUT2D eigenvalue weighted by Gasteiger charge is 2.06. The van der Waals surface area contributed by atoms with Crippen LogP contribution in [0.5, 0.6) is 0 Å². The van der Waals surface area contributed by atoms with E-state index in [1.165, 1.54) is 0 Å². The number of carbonyl (C=O) groups excluding carboxylic acids is 2. The molecule has 2 amide bonds. The van der Waals surface area contributed by atoms with Gasteiger partial charge in [0.25, 0.3) is 0 Å². The number of carbonyl (C=O) groups is 2. The predicted octanol–water partition coefficient (Wildman–Crippen LogP) is -0.150. The molecule has 4 nitrogen and oxygen atoms in total. The second kappa shape index (κ2) is 5.12. The average Bonchev–Trinajstić information content (AvgIpc) is 1.96. The van der Waals surface area contributed by atoms with Crippen LogP contribution >= 0.6 is 0 Å². The molecule has 66 valence electrons. The lowest BCUT2D eigenvalue weighted by atomic mass is 10.1. The van der Waals surface area contributed by atoms with Crippen LogP contribution in [0.4, 0.5) is 0 Å². The summed E-state index contributed by atoms with van der Waals surface area (Å²) < 4.78 is 0. The maximum atomic E-state index is 10.7. The molecule has 0 saturated heterocycles. The van der Waals surface area contributed by atoms with Gasteiger partial charge in [-0.3, -0.25) is 9.59 Å². The van der Waals surface area contributed by atoms with Gasteiger partial charge in [0.2, 0.25) is 11.8 Å². The number of hydrogen-bond acceptors (Lipinski definition) is 2. The van der Waals surface area contributed by atoms with Crippen molar-refractivity contribution in [1.29, 1.82) is 0 Å². The SMILES string of the molecule is C=CCC=C(CC(N)=O)C(N)=O. The van der Waals surface area contributed by atoms with E-state index in [1.54, 1.807) is 12.2 Å². The summed E-state index contributed by atoms with van der Waals surface area (Å²) in [5.74, 6) is -1.18. The number of nitrogens with two attached hydrogens (primary N) is 2. The molecule has 12 heavy (non-hydrogen) atoms. The van der Waals surface area contributed by atoms with Crippen molar-refractivity contribution in [3.63, 3.8) is 0 Å². The van der Waals surface area contributed by atoms with Crippen molar-refractivity contribution >= 4 is 11.8 Å². The second-order valence-corrected chi connectivity index (χ2v) is 2.26. The molecular weight excluding hydrogens is 156 g/mol. The van der Waals surface area contributed by atoms with Gasteiger partial charge >= 0.3 is 0 Å². The summed E-state index contributed by atoms with van der Waals surface area (Å²) >= 11 is 0. The quantitative estimate of drug-likeness (QED) is 0.441. The van der Waals surface area contributed by atoms with Crippen molar-refractivity contribution in [3.8, 4) is 0 Å². The molecule has 0 saturated carbocycles. The van der Waals surface area contributed by atoms with Gasteiger partial charge in [-0.15, -0.1) is 6.58 Å². The fourth-order valence-corrected chi connectivity index (χ4v) is 0.673. The van der Waals surface area contributed by atoms with Gasteiger partial charge in [-0.25, -0.2) is 0 Å². The molecule has 0 aliphatic heterocycles. The highest BCUT2D eigenvalue weighted by atomic mass is 16.2. The van der Waals surface area contributed by atoms with Crippen molar-refractivity contribution in [1.82, 2.24) is 0 Å². The van der Waals surface area contributed by atoms with Crippen molar-refractivity contribution in [3.05, 3.63) is 24.3 Å². The Morgan fingerprint density at radius 3 is 2.25 bits per heavy atom. The maximum absolute atomic E-state index is 10.7. The molecule has 0 aliphatic carbocycles. The van der Waals surface area contributed by atoms with Crippen LogP contribution < -0.4 is 11.5 Å². The number of primary amides is 2. The third-order valence-electron chi connectivity index (χ3n) is 1.21. The van der Waals surface area contributed by atoms with E-state index in [2.05, 4.69) is 6.58 Å². The zero-order valence-corrected chi connectivity index (χ0v) is 6.75. The zero-order valence-electron chi connectivity index (χ0n) is 6.75. The van der Waals surface area contributed by atoms with Crippen LogP contribution in [0.15, 0.2) is 24.3 Å². The molecule has 0 heterocycles. The molecule has 0 fully saturated rings. The number of allylic oxidation sites excluding steroid dienone is 2. The van der Waals surface area contributed by atoms with Gasteiger partial charge in [-0.1, -0.05) is 12.2 Å². The molecule has 0 unspecified atom stereocenters. The zero-order chi connectivity index (χ0) is 9.56. The molecule has 0 atom stereocenters. The first-order chi connectivity index (χ1) is 5.57. The van der Waals surface area contributed by atoms with Gasteiger partial charge < -0.3 is 11.5 Å². The second-order valence-electron chi connectivity index (χ2n) is 2.26. The van der Waals surface area contributed by atoms with Crippen molar-refractivity contribution < 1.29 is 9.59 Å². The molecule has 0 radical (unpaired) electrons. The van der Waals surface area contributed by atoms with Crippen LogP contribution in [-0.4, -0.2) is 11.8 Å². The smallest absolute Gasteiger partial charge is 0.244 e. The largest absolute Gasteiger partial charge is 0.369 e. The number of amides is 2. The van der Waals surface area contributed by atoms with Gasteiger partial charge in [0.05, 0.1) is 6.42 Å². The normalized spacial score (nSPS) is 10.8. The van der Waals surface area contributed by atoms with Crippen LogP contribution in [0, 0.1) is 0 Å². The van der Waals surface area contributed by atoms with Crippen LogP contribution in [0.2, 0.25) is 0 Å². The maximum Gasteiger partial charge on any atom is 0.244 e. The average molecular weight is 168 g/mol. The van der Waals surface area contributed by atoms with Gasteiger partial charge in [0.15, 0.2) is 0 Å². The lowest BCUT2D eigenvalue weighted by Gasteiger charge is -1.97. The van der Waals surface area contributed by atoms with E-state index in [9.17, 15) is 9.59 Å². The van der Waals surface area contributed by atoms with Crippen LogP contribution in [0.3, 0.4) is 0 Å². The Balaban J connectivity index is 4.32. The van der Waals surface area contributed by atoms with Crippen LogP contribution in [0.1, 0.15) is 12.8 Å².